The maximum Gasteiger partial charge on any atom is 0.410 e. The highest BCUT2D eigenvalue weighted by Gasteiger charge is 2.46. The fraction of sp³-hybridized carbons (Fsp3) is 0.611. The van der Waals surface area contributed by atoms with Gasteiger partial charge in [-0.2, -0.15) is 0 Å². The van der Waals surface area contributed by atoms with Gasteiger partial charge in [0.05, 0.1) is 6.61 Å². The van der Waals surface area contributed by atoms with Crippen LogP contribution in [0.1, 0.15) is 58.1 Å². The highest BCUT2D eigenvalue weighted by molar-refractivity contribution is 5.70. The number of hydrogen-bond donors (Lipinski definition) is 1. The molecule has 0 aromatic heterocycles. The van der Waals surface area contributed by atoms with Crippen molar-refractivity contribution in [1.82, 2.24) is 4.90 Å². The van der Waals surface area contributed by atoms with Gasteiger partial charge in [0, 0.05) is 18.0 Å². The fourth-order valence-corrected chi connectivity index (χ4v) is 2.76. The summed E-state index contributed by atoms with van der Waals surface area (Å²) in [7, 11) is 0. The third kappa shape index (κ3) is 4.01. The Morgan fingerprint density at radius 3 is 2.36 bits per heavy atom. The number of ether oxygens (including phenoxy) is 1. The SMILES string of the molecule is CC(C)N(C(=O)OC(C)(C)C)C1CC1c1ccc(CO)cc1. The van der Waals surface area contributed by atoms with Crippen LogP contribution in [0.2, 0.25) is 0 Å². The number of benzene rings is 1. The monoisotopic (exact) mass is 305 g/mol. The van der Waals surface area contributed by atoms with Gasteiger partial charge in [-0.3, -0.25) is 0 Å². The molecule has 0 heterocycles. The van der Waals surface area contributed by atoms with E-state index < -0.39 is 5.60 Å². The lowest BCUT2D eigenvalue weighted by Crippen LogP contribution is -2.42. The molecule has 0 bridgehead atoms. The van der Waals surface area contributed by atoms with Crippen molar-refractivity contribution in [2.75, 3.05) is 0 Å². The minimum Gasteiger partial charge on any atom is -0.444 e. The Kier molecular flexibility index (Phi) is 4.81. The summed E-state index contributed by atoms with van der Waals surface area (Å²) < 4.78 is 5.54. The molecule has 1 fully saturated rings. The molecule has 0 spiro atoms. The third-order valence-electron chi connectivity index (χ3n) is 3.87. The van der Waals surface area contributed by atoms with Crippen molar-refractivity contribution in [2.24, 2.45) is 0 Å². The zero-order valence-electron chi connectivity index (χ0n) is 14.2. The Hall–Kier alpha value is -1.55. The van der Waals surface area contributed by atoms with Gasteiger partial charge in [0.25, 0.3) is 0 Å². The number of carbonyl (C=O) groups excluding carboxylic acids is 1. The molecule has 1 aliphatic rings. The summed E-state index contributed by atoms with van der Waals surface area (Å²) in [6.07, 6.45) is 0.734. The van der Waals surface area contributed by atoms with Gasteiger partial charge in [-0.15, -0.1) is 0 Å². The molecule has 1 aromatic carbocycles. The van der Waals surface area contributed by atoms with Gasteiger partial charge >= 0.3 is 6.09 Å². The van der Waals surface area contributed by atoms with E-state index in [4.69, 9.17) is 9.84 Å². The van der Waals surface area contributed by atoms with E-state index in [1.807, 2.05) is 63.8 Å². The van der Waals surface area contributed by atoms with Crippen molar-refractivity contribution in [3.8, 4) is 0 Å². The van der Waals surface area contributed by atoms with E-state index in [1.54, 1.807) is 0 Å². The molecule has 1 aliphatic carbocycles. The summed E-state index contributed by atoms with van der Waals surface area (Å²) in [5, 5.41) is 9.11. The van der Waals surface area contributed by atoms with Crippen molar-refractivity contribution in [2.45, 2.75) is 71.2 Å². The normalized spacial score (nSPS) is 20.9. The molecular formula is C18H27NO3. The van der Waals surface area contributed by atoms with E-state index in [9.17, 15) is 4.79 Å². The molecule has 0 saturated heterocycles. The summed E-state index contributed by atoms with van der Waals surface area (Å²) >= 11 is 0. The first kappa shape index (κ1) is 16.8. The quantitative estimate of drug-likeness (QED) is 0.923. The molecule has 4 heteroatoms. The van der Waals surface area contributed by atoms with Crippen molar-refractivity contribution in [1.29, 1.82) is 0 Å². The van der Waals surface area contributed by atoms with Gasteiger partial charge in [-0.25, -0.2) is 4.79 Å². The molecule has 2 atom stereocenters. The molecule has 1 saturated carbocycles. The number of carbonyl (C=O) groups is 1. The van der Waals surface area contributed by atoms with E-state index >= 15 is 0 Å². The van der Waals surface area contributed by atoms with E-state index in [0.717, 1.165) is 12.0 Å². The number of hydrogen-bond acceptors (Lipinski definition) is 3. The second-order valence-corrected chi connectivity index (χ2v) is 7.29. The molecule has 1 aromatic rings. The Labute approximate surface area is 133 Å². The van der Waals surface area contributed by atoms with Gasteiger partial charge in [-0.05, 0) is 52.2 Å². The lowest BCUT2D eigenvalue weighted by atomic mass is 10.1. The molecule has 2 unspecified atom stereocenters. The highest BCUT2D eigenvalue weighted by Crippen LogP contribution is 2.45. The van der Waals surface area contributed by atoms with Crippen molar-refractivity contribution < 1.29 is 14.6 Å². The smallest absolute Gasteiger partial charge is 0.410 e. The first-order valence-electron chi connectivity index (χ1n) is 7.94. The molecule has 22 heavy (non-hydrogen) atoms. The van der Waals surface area contributed by atoms with Crippen LogP contribution >= 0.6 is 0 Å². The largest absolute Gasteiger partial charge is 0.444 e. The van der Waals surface area contributed by atoms with Crippen LogP contribution in [0.5, 0.6) is 0 Å². The summed E-state index contributed by atoms with van der Waals surface area (Å²) in [5.74, 6) is 0.364. The lowest BCUT2D eigenvalue weighted by Gasteiger charge is -2.30. The first-order chi connectivity index (χ1) is 10.2. The molecule has 122 valence electrons. The first-order valence-corrected chi connectivity index (χ1v) is 7.94. The topological polar surface area (TPSA) is 49.8 Å². The predicted molar refractivity (Wildman–Crippen MR) is 86.7 cm³/mol. The third-order valence-corrected chi connectivity index (χ3v) is 3.87. The minimum atomic E-state index is -0.475. The molecule has 4 nitrogen and oxygen atoms in total. The van der Waals surface area contributed by atoms with Crippen LogP contribution in [-0.2, 0) is 11.3 Å². The second-order valence-electron chi connectivity index (χ2n) is 7.29. The van der Waals surface area contributed by atoms with Crippen molar-refractivity contribution >= 4 is 6.09 Å². The maximum absolute atomic E-state index is 12.4. The Morgan fingerprint density at radius 2 is 1.91 bits per heavy atom. The van der Waals surface area contributed by atoms with Gasteiger partial charge < -0.3 is 14.7 Å². The van der Waals surface area contributed by atoms with Crippen molar-refractivity contribution in [3.63, 3.8) is 0 Å². The number of aliphatic hydroxyl groups is 1. The van der Waals surface area contributed by atoms with Gasteiger partial charge in [0.1, 0.15) is 5.60 Å². The minimum absolute atomic E-state index is 0.0599. The van der Waals surface area contributed by atoms with E-state index in [-0.39, 0.29) is 24.8 Å². The standard InChI is InChI=1S/C18H27NO3/c1-12(2)19(17(21)22-18(3,4)5)16-10-15(16)14-8-6-13(11-20)7-9-14/h6-9,12,15-16,20H,10-11H2,1-5H3. The summed E-state index contributed by atoms with van der Waals surface area (Å²) in [5.41, 5.74) is 1.66. The van der Waals surface area contributed by atoms with Gasteiger partial charge in [-0.1, -0.05) is 24.3 Å². The van der Waals surface area contributed by atoms with E-state index in [1.165, 1.54) is 5.56 Å². The van der Waals surface area contributed by atoms with Crippen molar-refractivity contribution in [3.05, 3.63) is 35.4 Å². The number of nitrogens with zero attached hydrogens (tertiary/aromatic N) is 1. The second kappa shape index (κ2) is 6.29. The van der Waals surface area contributed by atoms with E-state index in [2.05, 4.69) is 0 Å². The average Bonchev–Trinajstić information content (AvgIpc) is 3.16. The van der Waals surface area contributed by atoms with Gasteiger partial charge in [0.15, 0.2) is 0 Å². The van der Waals surface area contributed by atoms with Crippen LogP contribution in [0.3, 0.4) is 0 Å². The highest BCUT2D eigenvalue weighted by atomic mass is 16.6. The molecule has 1 N–H and O–H groups in total. The fourth-order valence-electron chi connectivity index (χ4n) is 2.76. The maximum atomic E-state index is 12.4. The molecular weight excluding hydrogens is 278 g/mol. The molecule has 0 radical (unpaired) electrons. The van der Waals surface area contributed by atoms with Crippen LogP contribution in [0, 0.1) is 0 Å². The van der Waals surface area contributed by atoms with Crippen LogP contribution in [0.25, 0.3) is 0 Å². The summed E-state index contributed by atoms with van der Waals surface area (Å²) in [6.45, 7) is 9.77. The number of aliphatic hydroxyl groups excluding tert-OH is 1. The average molecular weight is 305 g/mol. The number of amides is 1. The van der Waals surface area contributed by atoms with Crippen LogP contribution in [0.4, 0.5) is 4.79 Å². The molecule has 1 amide bonds. The Bertz CT molecular complexity index is 516. The molecule has 2 rings (SSSR count). The lowest BCUT2D eigenvalue weighted by molar-refractivity contribution is 0.0168. The van der Waals surface area contributed by atoms with Crippen LogP contribution in [-0.4, -0.2) is 33.8 Å². The Morgan fingerprint density at radius 1 is 1.32 bits per heavy atom. The summed E-state index contributed by atoms with van der Waals surface area (Å²) in [6, 6.07) is 8.29. The number of rotatable bonds is 4. The zero-order valence-corrected chi connectivity index (χ0v) is 14.2. The summed E-state index contributed by atoms with van der Waals surface area (Å²) in [4.78, 5) is 14.3. The van der Waals surface area contributed by atoms with E-state index in [0.29, 0.717) is 5.92 Å². The zero-order chi connectivity index (χ0) is 16.5. The van der Waals surface area contributed by atoms with Crippen LogP contribution in [0.15, 0.2) is 24.3 Å². The van der Waals surface area contributed by atoms with Gasteiger partial charge in [0.2, 0.25) is 0 Å². The Balaban J connectivity index is 2.07. The predicted octanol–water partition coefficient (Wildman–Crippen LogP) is 3.68. The molecule has 0 aliphatic heterocycles. The van der Waals surface area contributed by atoms with Crippen LogP contribution < -0.4 is 0 Å².